The molecule has 0 spiro atoms. The summed E-state index contributed by atoms with van der Waals surface area (Å²) in [6.45, 7) is 21.0. The third-order valence-corrected chi connectivity index (χ3v) is 13.3. The number of aliphatic hydroxyl groups is 2. The molecule has 3 aliphatic rings. The largest absolute Gasteiger partial charge is 0.392 e. The van der Waals surface area contributed by atoms with Crippen LogP contribution < -0.4 is 0 Å². The molecule has 0 aromatic heterocycles. The maximum atomic E-state index is 11.5. The smallest absolute Gasteiger partial charge is 0.184 e. The van der Waals surface area contributed by atoms with Gasteiger partial charge in [-0.05, 0) is 49.5 Å². The molecule has 329 valence electrons. The summed E-state index contributed by atoms with van der Waals surface area (Å²) in [4.78, 5) is 3.11. The fourth-order valence-corrected chi connectivity index (χ4v) is 8.87. The number of aliphatic hydroxyl groups excluding tert-OH is 2. The second-order valence-electron chi connectivity index (χ2n) is 17.5. The van der Waals surface area contributed by atoms with Gasteiger partial charge in [0.05, 0.1) is 49.3 Å². The van der Waals surface area contributed by atoms with Gasteiger partial charge in [-0.1, -0.05) is 151 Å². The van der Waals surface area contributed by atoms with Gasteiger partial charge in [-0.2, -0.15) is 0 Å². The number of ether oxygens (including phenoxy) is 6. The van der Waals surface area contributed by atoms with E-state index in [-0.39, 0.29) is 111 Å². The summed E-state index contributed by atoms with van der Waals surface area (Å²) in [7, 11) is 0. The van der Waals surface area contributed by atoms with Gasteiger partial charge in [0.2, 0.25) is 0 Å². The molecule has 3 rings (SSSR count). The van der Waals surface area contributed by atoms with Crippen molar-refractivity contribution in [2.75, 3.05) is 6.61 Å². The quantitative estimate of drug-likeness (QED) is 0.0302. The predicted octanol–water partition coefficient (Wildman–Crippen LogP) is 10.7. The Balaban J connectivity index is 0.0000112. The Morgan fingerprint density at radius 2 is 1.12 bits per heavy atom. The van der Waals surface area contributed by atoms with Crippen molar-refractivity contribution in [3.63, 3.8) is 0 Å². The maximum Gasteiger partial charge on any atom is 0.184 e. The van der Waals surface area contributed by atoms with Crippen molar-refractivity contribution < 1.29 is 82.7 Å². The van der Waals surface area contributed by atoms with Crippen LogP contribution in [0.1, 0.15) is 166 Å². The molecule has 0 amide bonds. The molecule has 0 aromatic carbocycles. The van der Waals surface area contributed by atoms with Gasteiger partial charge in [0.25, 0.3) is 0 Å². The first-order valence-electron chi connectivity index (χ1n) is 22.9. The van der Waals surface area contributed by atoms with Crippen molar-refractivity contribution in [2.24, 2.45) is 40.6 Å². The second kappa shape index (κ2) is 28.7. The van der Waals surface area contributed by atoms with E-state index >= 15 is 0 Å². The Morgan fingerprint density at radius 1 is 0.632 bits per heavy atom. The summed E-state index contributed by atoms with van der Waals surface area (Å²) in [6.07, 6.45) is 17.5. The summed E-state index contributed by atoms with van der Waals surface area (Å²) < 4.78 is 39.0. The monoisotopic (exact) mass is 1020 g/mol. The molecule has 10 unspecified atom stereocenters. The van der Waals surface area contributed by atoms with Gasteiger partial charge in [-0.3, -0.25) is 0 Å². The van der Waals surface area contributed by atoms with E-state index in [4.69, 9.17) is 28.4 Å². The summed E-state index contributed by atoms with van der Waals surface area (Å²) in [6, 6.07) is -0.422. The fraction of sp³-hybridized carbons (Fsp3) is 0.956. The van der Waals surface area contributed by atoms with E-state index in [0.717, 1.165) is 19.3 Å². The number of allylic oxidation sites excluding steroid dienone is 1. The molecule has 57 heavy (non-hydrogen) atoms. The number of rotatable bonds is 25. The van der Waals surface area contributed by atoms with Crippen LogP contribution in [0.3, 0.4) is 0 Å². The van der Waals surface area contributed by atoms with Crippen molar-refractivity contribution in [1.29, 1.82) is 0 Å². The SMILES string of the molecule is CCCCCCCCCCCCC/C=C/[C@@H](C)C(CO[C@@H]1OC(CC)[C@H](O[C@@H]2OC(CC)[C@H](O[C@@H]3OC(CC)[C@H](C)C(O)C3C)C(C)C2C)C(C)C1O)N=[N+]=[N-].[Ac]. The molecule has 1 radical (unpaired) electrons. The van der Waals surface area contributed by atoms with E-state index in [1.807, 2.05) is 34.6 Å². The van der Waals surface area contributed by atoms with Gasteiger partial charge in [0, 0.05) is 72.6 Å². The number of azide groups is 1. The Kier molecular flexibility index (Phi) is 26.9. The van der Waals surface area contributed by atoms with Gasteiger partial charge >= 0.3 is 0 Å². The van der Waals surface area contributed by atoms with Crippen molar-refractivity contribution in [2.45, 2.75) is 233 Å². The Morgan fingerprint density at radius 3 is 1.67 bits per heavy atom. The maximum absolute atomic E-state index is 11.5. The molecule has 3 saturated heterocycles. The van der Waals surface area contributed by atoms with E-state index in [2.05, 4.69) is 56.8 Å². The molecule has 17 atom stereocenters. The Labute approximate surface area is 383 Å². The van der Waals surface area contributed by atoms with Crippen LogP contribution in [-0.4, -0.2) is 84.5 Å². The third-order valence-electron chi connectivity index (χ3n) is 13.3. The minimum absolute atomic E-state index is 0. The van der Waals surface area contributed by atoms with Gasteiger partial charge in [0.15, 0.2) is 18.9 Å². The number of hydrogen-bond acceptors (Lipinski definition) is 9. The molecule has 3 heterocycles. The molecular formula is C45H83AcN3O8. The zero-order valence-corrected chi connectivity index (χ0v) is 42.3. The van der Waals surface area contributed by atoms with Crippen LogP contribution in [0.15, 0.2) is 17.3 Å². The van der Waals surface area contributed by atoms with Crippen LogP contribution in [-0.2, 0) is 28.4 Å². The van der Waals surface area contributed by atoms with Gasteiger partial charge in [0.1, 0.15) is 6.10 Å². The average Bonchev–Trinajstić information content (AvgIpc) is 3.19. The van der Waals surface area contributed by atoms with Crippen LogP contribution >= 0.6 is 0 Å². The van der Waals surface area contributed by atoms with Crippen LogP contribution in [0.4, 0.5) is 0 Å². The summed E-state index contributed by atoms with van der Waals surface area (Å²) in [5.74, 6) is -0.360. The van der Waals surface area contributed by atoms with Gasteiger partial charge in [-0.25, -0.2) is 0 Å². The molecule has 2 N–H and O–H groups in total. The topological polar surface area (TPSA) is 145 Å². The normalized spacial score (nSPS) is 37.0. The first-order chi connectivity index (χ1) is 26.9. The van der Waals surface area contributed by atoms with Crippen LogP contribution in [0, 0.1) is 79.6 Å². The molecule has 3 aliphatic heterocycles. The Bertz CT molecular complexity index is 1140. The van der Waals surface area contributed by atoms with Crippen LogP contribution in [0.2, 0.25) is 0 Å². The average molecular weight is 1020 g/mol. The minimum Gasteiger partial charge on any atom is -0.392 e. The predicted molar refractivity (Wildman–Crippen MR) is 223 cm³/mol. The van der Waals surface area contributed by atoms with Crippen LogP contribution in [0.5, 0.6) is 0 Å². The summed E-state index contributed by atoms with van der Waals surface area (Å²) >= 11 is 0. The van der Waals surface area contributed by atoms with E-state index in [0.29, 0.717) is 6.42 Å². The molecule has 0 saturated carbocycles. The molecule has 0 aliphatic carbocycles. The van der Waals surface area contributed by atoms with E-state index in [1.165, 1.54) is 70.6 Å². The summed E-state index contributed by atoms with van der Waals surface area (Å²) in [5.41, 5.74) is 9.34. The van der Waals surface area contributed by atoms with Crippen molar-refractivity contribution >= 4 is 0 Å². The second-order valence-corrected chi connectivity index (χ2v) is 17.5. The molecule has 12 heteroatoms. The first kappa shape index (κ1) is 53.3. The van der Waals surface area contributed by atoms with E-state index in [9.17, 15) is 15.7 Å². The van der Waals surface area contributed by atoms with Crippen LogP contribution in [0.25, 0.3) is 10.4 Å². The van der Waals surface area contributed by atoms with E-state index < -0.39 is 43.2 Å². The third kappa shape index (κ3) is 16.1. The standard InChI is InChI=1S/C45H83N3O8.Ac/c1-11-15-16-17-18-19-20-21-22-23-24-25-26-27-29(5)35(47-48-46)28-51-45-40(50)33(9)42(38(14-4)54-45)56-43-31(7)30(6)41(37(13-3)53-43)55-44-34(10)39(49)32(8)36(12-2)52-44;/h26-27,29-45,49-50H,11-25,28H2,1-10H3;/b27-26+;/t29-,30?,31?,32+,33?,34?,35?,36?,37?,38?,39?,40?,41-,42-,43+,44+,45-;/m1./s1. The Hall–Kier alpha value is 0.172. The van der Waals surface area contributed by atoms with Gasteiger partial charge in [-0.15, -0.1) is 0 Å². The van der Waals surface area contributed by atoms with Crippen molar-refractivity contribution in [3.05, 3.63) is 22.6 Å². The molecule has 0 aromatic rings. The van der Waals surface area contributed by atoms with Gasteiger partial charge < -0.3 is 38.6 Å². The zero-order valence-electron chi connectivity index (χ0n) is 37.5. The minimum atomic E-state index is -0.943. The molecular weight excluding hydrogens is 938 g/mol. The van der Waals surface area contributed by atoms with Crippen molar-refractivity contribution in [3.8, 4) is 0 Å². The first-order valence-corrected chi connectivity index (χ1v) is 22.9. The zero-order chi connectivity index (χ0) is 41.2. The molecule has 3 fully saturated rings. The summed E-state index contributed by atoms with van der Waals surface area (Å²) in [5, 5.41) is 26.5. The number of unbranched alkanes of at least 4 members (excludes halogenated alkanes) is 11. The number of hydrogen-bond donors (Lipinski definition) is 2. The van der Waals surface area contributed by atoms with Crippen molar-refractivity contribution in [1.82, 2.24) is 0 Å². The molecule has 11 nitrogen and oxygen atoms in total. The fourth-order valence-electron chi connectivity index (χ4n) is 8.87. The number of nitrogens with zero attached hydrogens (tertiary/aromatic N) is 3. The van der Waals surface area contributed by atoms with E-state index in [1.54, 1.807) is 0 Å². The molecule has 0 bridgehead atoms.